The number of aromatic hydroxyl groups is 1. The first-order chi connectivity index (χ1) is 20.9. The van der Waals surface area contributed by atoms with Crippen molar-refractivity contribution in [3.8, 4) is 5.75 Å². The molecule has 0 aliphatic carbocycles. The van der Waals surface area contributed by atoms with Crippen LogP contribution < -0.4 is 27.2 Å². The number of hydrogen-bond donors (Lipinski definition) is 6. The molecule has 0 aromatic heterocycles. The Kier molecular flexibility index (Phi) is 15.0. The van der Waals surface area contributed by atoms with Crippen LogP contribution in [0.1, 0.15) is 37.8 Å². The molecular formula is C30H42N6O7S. The number of carbonyl (C=O) groups excluding carboxylic acids is 5. The summed E-state index contributed by atoms with van der Waals surface area (Å²) in [5.41, 5.74) is 12.2. The number of phenolic OH excluding ortho intramolecular Hbond substituents is 1. The summed E-state index contributed by atoms with van der Waals surface area (Å²) in [4.78, 5) is 65.4. The van der Waals surface area contributed by atoms with Gasteiger partial charge in [-0.3, -0.25) is 39.0 Å². The maximum Gasteiger partial charge on any atom is 0.261 e. The van der Waals surface area contributed by atoms with Gasteiger partial charge < -0.3 is 26.4 Å². The minimum Gasteiger partial charge on any atom is -0.508 e. The van der Waals surface area contributed by atoms with Gasteiger partial charge >= 0.3 is 0 Å². The maximum absolute atomic E-state index is 13.3. The molecule has 0 heterocycles. The van der Waals surface area contributed by atoms with Crippen molar-refractivity contribution in [2.45, 2.75) is 57.7 Å². The molecule has 1 unspecified atom stereocenters. The van der Waals surface area contributed by atoms with Gasteiger partial charge in [0.2, 0.25) is 23.6 Å². The number of amides is 5. The molecule has 0 saturated carbocycles. The van der Waals surface area contributed by atoms with Crippen LogP contribution in [0.5, 0.6) is 5.75 Å². The van der Waals surface area contributed by atoms with E-state index in [0.29, 0.717) is 5.56 Å². The van der Waals surface area contributed by atoms with Crippen molar-refractivity contribution in [1.82, 2.24) is 26.4 Å². The van der Waals surface area contributed by atoms with E-state index in [1.54, 1.807) is 38.1 Å². The molecule has 0 radical (unpaired) electrons. The fourth-order valence-electron chi connectivity index (χ4n) is 4.25. The highest BCUT2D eigenvalue weighted by atomic mass is 32.2. The standard InChI is InChI=1S/C30H42N6O7S/c1-4-26(38)34-35-30(42)25(18-20-9-7-6-8-10-20)36(5-2)27(39)19-32-29(41)24(15-16-44(3)43)33-28(40)23(31)17-21-11-13-22(37)14-12-21/h6-14,23-25,37H,4-5,15-19,31H2,1-3H3,(H,32,41)(H,33,40)(H,34,38)(H,35,42)/t23-,24+,25-,44?/m0/s1. The average molecular weight is 631 g/mol. The van der Waals surface area contributed by atoms with E-state index < -0.39 is 65.0 Å². The van der Waals surface area contributed by atoms with E-state index in [2.05, 4.69) is 21.5 Å². The van der Waals surface area contributed by atoms with Crippen molar-refractivity contribution in [1.29, 1.82) is 0 Å². The average Bonchev–Trinajstić information content (AvgIpc) is 3.01. The highest BCUT2D eigenvalue weighted by Crippen LogP contribution is 2.12. The number of nitrogens with two attached hydrogens (primary N) is 1. The molecule has 0 spiro atoms. The normalized spacial score (nSPS) is 13.5. The highest BCUT2D eigenvalue weighted by Gasteiger charge is 2.31. The van der Waals surface area contributed by atoms with E-state index >= 15 is 0 Å². The highest BCUT2D eigenvalue weighted by molar-refractivity contribution is 7.84. The van der Waals surface area contributed by atoms with Crippen molar-refractivity contribution >= 4 is 40.3 Å². The van der Waals surface area contributed by atoms with E-state index in [1.165, 1.54) is 23.3 Å². The van der Waals surface area contributed by atoms with Gasteiger partial charge in [0.1, 0.15) is 17.8 Å². The number of hydrazine groups is 1. The summed E-state index contributed by atoms with van der Waals surface area (Å²) in [6, 6.07) is 12.1. The second kappa shape index (κ2) is 18.4. The van der Waals surface area contributed by atoms with Crippen LogP contribution in [-0.2, 0) is 47.6 Å². The Morgan fingerprint density at radius 2 is 1.52 bits per heavy atom. The number of rotatable bonds is 16. The summed E-state index contributed by atoms with van der Waals surface area (Å²) >= 11 is 0. The number of benzene rings is 2. The molecule has 0 aliphatic heterocycles. The molecule has 5 amide bonds. The number of likely N-dealkylation sites (N-methyl/N-ethyl adjacent to an activating group) is 1. The number of nitrogens with one attached hydrogen (secondary N) is 4. The SMILES string of the molecule is CCC(=O)NNC(=O)[C@H](Cc1ccccc1)N(CC)C(=O)CNC(=O)[C@@H](CCS(C)=O)NC(=O)[C@@H](N)Cc1ccc(O)cc1. The lowest BCUT2D eigenvalue weighted by atomic mass is 10.0. The van der Waals surface area contributed by atoms with Crippen molar-refractivity contribution in [2.75, 3.05) is 25.1 Å². The largest absolute Gasteiger partial charge is 0.508 e. The molecule has 0 saturated heterocycles. The van der Waals surface area contributed by atoms with Crippen LogP contribution in [0.2, 0.25) is 0 Å². The number of nitrogens with zero attached hydrogens (tertiary/aromatic N) is 1. The number of carbonyl (C=O) groups is 5. The summed E-state index contributed by atoms with van der Waals surface area (Å²) < 4.78 is 11.8. The second-order valence-corrected chi connectivity index (χ2v) is 11.7. The van der Waals surface area contributed by atoms with E-state index in [0.717, 1.165) is 5.56 Å². The van der Waals surface area contributed by atoms with E-state index in [9.17, 15) is 33.3 Å². The van der Waals surface area contributed by atoms with Crippen LogP contribution in [-0.4, -0.2) is 87.0 Å². The summed E-state index contributed by atoms with van der Waals surface area (Å²) in [5, 5.41) is 14.6. The van der Waals surface area contributed by atoms with Crippen LogP contribution in [0, 0.1) is 0 Å². The summed E-state index contributed by atoms with van der Waals surface area (Å²) in [6.45, 7) is 2.96. The van der Waals surface area contributed by atoms with Crippen LogP contribution >= 0.6 is 0 Å². The van der Waals surface area contributed by atoms with Gasteiger partial charge in [-0.15, -0.1) is 0 Å². The first kappa shape index (κ1) is 35.9. The van der Waals surface area contributed by atoms with Gasteiger partial charge in [0, 0.05) is 42.2 Å². The molecular weight excluding hydrogens is 588 g/mol. The lowest BCUT2D eigenvalue weighted by molar-refractivity contribution is -0.141. The van der Waals surface area contributed by atoms with E-state index in [-0.39, 0.29) is 43.7 Å². The van der Waals surface area contributed by atoms with Gasteiger partial charge in [-0.2, -0.15) is 0 Å². The Bertz CT molecular complexity index is 1290. The van der Waals surface area contributed by atoms with Gasteiger partial charge in [0.15, 0.2) is 0 Å². The summed E-state index contributed by atoms with van der Waals surface area (Å²) in [6.07, 6.45) is 1.96. The monoisotopic (exact) mass is 630 g/mol. The van der Waals surface area contributed by atoms with Gasteiger partial charge in [-0.1, -0.05) is 49.4 Å². The van der Waals surface area contributed by atoms with Crippen molar-refractivity contribution in [3.63, 3.8) is 0 Å². The zero-order chi connectivity index (χ0) is 32.6. The van der Waals surface area contributed by atoms with Crippen LogP contribution in [0.25, 0.3) is 0 Å². The second-order valence-electron chi connectivity index (χ2n) is 10.1. The van der Waals surface area contributed by atoms with Crippen molar-refractivity contribution in [3.05, 3.63) is 65.7 Å². The topological polar surface area (TPSA) is 200 Å². The molecule has 7 N–H and O–H groups in total. The van der Waals surface area contributed by atoms with Crippen molar-refractivity contribution in [2.24, 2.45) is 5.73 Å². The predicted octanol–water partition coefficient (Wildman–Crippen LogP) is -0.351. The molecule has 0 aliphatic rings. The minimum absolute atomic E-state index is 0.0362. The third-order valence-electron chi connectivity index (χ3n) is 6.73. The minimum atomic E-state index is -1.26. The third kappa shape index (κ3) is 12.1. The maximum atomic E-state index is 13.3. The number of phenols is 1. The van der Waals surface area contributed by atoms with Gasteiger partial charge in [-0.25, -0.2) is 0 Å². The lowest BCUT2D eigenvalue weighted by Gasteiger charge is -2.30. The summed E-state index contributed by atoms with van der Waals surface area (Å²) in [5.74, 6) is -2.67. The van der Waals surface area contributed by atoms with Gasteiger partial charge in [0.25, 0.3) is 5.91 Å². The molecule has 2 aromatic carbocycles. The predicted molar refractivity (Wildman–Crippen MR) is 166 cm³/mol. The molecule has 14 heteroatoms. The Labute approximate surface area is 259 Å². The molecule has 0 fully saturated rings. The molecule has 2 aromatic rings. The Morgan fingerprint density at radius 3 is 2.11 bits per heavy atom. The van der Waals surface area contributed by atoms with Crippen LogP contribution in [0.3, 0.4) is 0 Å². The van der Waals surface area contributed by atoms with Gasteiger partial charge in [-0.05, 0) is 43.0 Å². The zero-order valence-electron chi connectivity index (χ0n) is 25.2. The van der Waals surface area contributed by atoms with Gasteiger partial charge in [0.05, 0.1) is 12.6 Å². The van der Waals surface area contributed by atoms with Crippen LogP contribution in [0.15, 0.2) is 54.6 Å². The molecule has 13 nitrogen and oxygen atoms in total. The fourth-order valence-corrected chi connectivity index (χ4v) is 4.82. The first-order valence-corrected chi connectivity index (χ1v) is 16.0. The number of hydrogen-bond acceptors (Lipinski definition) is 8. The Hall–Kier alpha value is -4.30. The lowest BCUT2D eigenvalue weighted by Crippen LogP contribution is -2.57. The smallest absolute Gasteiger partial charge is 0.261 e. The third-order valence-corrected chi connectivity index (χ3v) is 7.54. The molecule has 2 rings (SSSR count). The zero-order valence-corrected chi connectivity index (χ0v) is 26.0. The summed E-state index contributed by atoms with van der Waals surface area (Å²) in [7, 11) is -1.26. The van der Waals surface area contributed by atoms with Crippen molar-refractivity contribution < 1.29 is 33.3 Å². The molecule has 4 atom stereocenters. The molecule has 0 bridgehead atoms. The Morgan fingerprint density at radius 1 is 0.886 bits per heavy atom. The van der Waals surface area contributed by atoms with E-state index in [4.69, 9.17) is 5.73 Å². The molecule has 240 valence electrons. The van der Waals surface area contributed by atoms with Crippen LogP contribution in [0.4, 0.5) is 0 Å². The molecule has 44 heavy (non-hydrogen) atoms. The Balaban J connectivity index is 2.12. The quantitative estimate of drug-likeness (QED) is 0.135. The first-order valence-electron chi connectivity index (χ1n) is 14.3. The fraction of sp³-hybridized carbons (Fsp3) is 0.433. The van der Waals surface area contributed by atoms with E-state index in [1.807, 2.05) is 18.2 Å².